The maximum atomic E-state index is 14.1. The van der Waals surface area contributed by atoms with Gasteiger partial charge in [0, 0.05) is 19.3 Å². The molecule has 10 nitrogen and oxygen atoms in total. The van der Waals surface area contributed by atoms with Crippen molar-refractivity contribution in [3.8, 4) is 0 Å². The summed E-state index contributed by atoms with van der Waals surface area (Å²) >= 11 is 0. The number of rotatable bonds is 7. The molecular weight excluding hydrogens is 482 g/mol. The van der Waals surface area contributed by atoms with E-state index in [4.69, 9.17) is 18.9 Å². The van der Waals surface area contributed by atoms with Gasteiger partial charge in [0.15, 0.2) is 17.5 Å². The molecule has 208 valence electrons. The van der Waals surface area contributed by atoms with Gasteiger partial charge in [0.1, 0.15) is 17.8 Å². The number of ether oxygens (including phenoxy) is 4. The van der Waals surface area contributed by atoms with Crippen LogP contribution in [-0.4, -0.2) is 90.0 Å². The van der Waals surface area contributed by atoms with Gasteiger partial charge < -0.3 is 24.1 Å². The molecule has 1 aliphatic heterocycles. The zero-order chi connectivity index (χ0) is 28.2. The maximum Gasteiger partial charge on any atom is 0.320 e. The van der Waals surface area contributed by atoms with Crippen LogP contribution in [0.1, 0.15) is 60.8 Å². The van der Waals surface area contributed by atoms with E-state index in [1.807, 2.05) is 13.8 Å². The van der Waals surface area contributed by atoms with Crippen molar-refractivity contribution in [1.82, 2.24) is 4.90 Å². The van der Waals surface area contributed by atoms with Crippen LogP contribution in [0.4, 0.5) is 0 Å². The number of likely N-dealkylation sites (N-methyl/N-ethyl adjacent to an activating group) is 1. The summed E-state index contributed by atoms with van der Waals surface area (Å²) in [6.45, 7) is 14.0. The second-order valence-corrected chi connectivity index (χ2v) is 12.3. The largest absolute Gasteiger partial charge is 0.461 e. The normalized spacial score (nSPS) is 42.7. The zero-order valence-electron chi connectivity index (χ0n) is 23.2. The van der Waals surface area contributed by atoms with Crippen LogP contribution in [0.5, 0.6) is 0 Å². The van der Waals surface area contributed by atoms with E-state index in [0.717, 1.165) is 0 Å². The Hall–Kier alpha value is -2.30. The first kappa shape index (κ1) is 29.3. The molecule has 0 aromatic carbocycles. The van der Waals surface area contributed by atoms with Crippen LogP contribution < -0.4 is 0 Å². The summed E-state index contributed by atoms with van der Waals surface area (Å²) in [4.78, 5) is 52.8. The summed E-state index contributed by atoms with van der Waals surface area (Å²) in [5, 5.41) is 12.7. The highest BCUT2D eigenvalue weighted by Gasteiger charge is 2.82. The molecule has 1 heterocycles. The lowest BCUT2D eigenvalue weighted by molar-refractivity contribution is -0.370. The van der Waals surface area contributed by atoms with Gasteiger partial charge in [0.05, 0.1) is 17.6 Å². The van der Waals surface area contributed by atoms with Gasteiger partial charge in [0.2, 0.25) is 0 Å². The second kappa shape index (κ2) is 9.47. The van der Waals surface area contributed by atoms with E-state index in [1.54, 1.807) is 32.8 Å². The van der Waals surface area contributed by atoms with Crippen molar-refractivity contribution in [1.29, 1.82) is 0 Å². The third-order valence-electron chi connectivity index (χ3n) is 8.89. The number of Topliss-reactive ketones (excluding diaryl/α,β-unsaturated/α-hetero) is 1. The van der Waals surface area contributed by atoms with Gasteiger partial charge in [0.25, 0.3) is 6.47 Å². The molecule has 0 bridgehead atoms. The monoisotopic (exact) mass is 523 g/mol. The lowest BCUT2D eigenvalue weighted by Crippen LogP contribution is -2.87. The number of carbonyl (C=O) groups is 4. The van der Waals surface area contributed by atoms with E-state index in [1.165, 1.54) is 19.9 Å². The predicted molar refractivity (Wildman–Crippen MR) is 132 cm³/mol. The summed E-state index contributed by atoms with van der Waals surface area (Å²) in [7, 11) is 3.46. The highest BCUT2D eigenvalue weighted by Crippen LogP contribution is 2.68. The Bertz CT molecular complexity index is 979. The Morgan fingerprint density at radius 3 is 2.32 bits per heavy atom. The molecule has 2 aliphatic carbocycles. The molecule has 8 atom stereocenters. The fourth-order valence-corrected chi connectivity index (χ4v) is 7.44. The first-order chi connectivity index (χ1) is 16.9. The molecule has 3 fully saturated rings. The Labute approximate surface area is 218 Å². The standard InChI is InChI=1S/C27H41NO9/c1-10-24(5)13-17(31)27(33)25(6)18(36-19(32)14-28(8)9)11-12-23(3,4)21(25)20(34-15-29)22(35-16(2)30)26(27,7)37-24/h10,15,18,20-22,33H,1,11-14H2,2-9H3/t18-,20-,21-,22-,24-,25-,26+,27-/m0/s1. The molecule has 0 radical (unpaired) electrons. The maximum absolute atomic E-state index is 14.1. The SMILES string of the molecule is C=C[C@@]1(C)CC(=O)[C@]2(O)[C@@]3(C)[C@@H](OC(=O)CN(C)C)CCC(C)(C)[C@@H]3[C@H](OC=O)[C@H](OC(C)=O)[C@@]2(C)O1. The topological polar surface area (TPSA) is 129 Å². The number of carbonyl (C=O) groups excluding carboxylic acids is 4. The number of fused-ring (bicyclic) bond motifs is 3. The van der Waals surface area contributed by atoms with Crippen molar-refractivity contribution in [2.45, 2.75) is 95.9 Å². The molecule has 3 rings (SSSR count). The van der Waals surface area contributed by atoms with Crippen LogP contribution in [0.3, 0.4) is 0 Å². The van der Waals surface area contributed by atoms with Gasteiger partial charge in [-0.1, -0.05) is 26.8 Å². The number of esters is 2. The second-order valence-electron chi connectivity index (χ2n) is 12.3. The first-order valence-electron chi connectivity index (χ1n) is 12.6. The van der Waals surface area contributed by atoms with E-state index in [2.05, 4.69) is 6.58 Å². The minimum atomic E-state index is -2.28. The van der Waals surface area contributed by atoms with Crippen LogP contribution in [0, 0.1) is 16.7 Å². The van der Waals surface area contributed by atoms with Gasteiger partial charge >= 0.3 is 11.9 Å². The summed E-state index contributed by atoms with van der Waals surface area (Å²) in [6, 6.07) is 0. The van der Waals surface area contributed by atoms with Gasteiger partial charge in [-0.25, -0.2) is 0 Å². The van der Waals surface area contributed by atoms with Gasteiger partial charge in [-0.05, 0) is 46.2 Å². The molecule has 1 saturated heterocycles. The molecule has 0 aromatic rings. The molecule has 0 amide bonds. The van der Waals surface area contributed by atoms with E-state index >= 15 is 0 Å². The van der Waals surface area contributed by atoms with Crippen LogP contribution in [0.2, 0.25) is 0 Å². The average molecular weight is 524 g/mol. The van der Waals surface area contributed by atoms with E-state index < -0.39 is 69.6 Å². The summed E-state index contributed by atoms with van der Waals surface area (Å²) in [6.07, 6.45) is -1.21. The third kappa shape index (κ3) is 4.30. The number of nitrogens with zero attached hydrogens (tertiary/aromatic N) is 1. The quantitative estimate of drug-likeness (QED) is 0.228. The van der Waals surface area contributed by atoms with Gasteiger partial charge in [-0.3, -0.25) is 24.1 Å². The molecule has 37 heavy (non-hydrogen) atoms. The lowest BCUT2D eigenvalue weighted by atomic mass is 9.39. The molecule has 2 saturated carbocycles. The Kier molecular flexibility index (Phi) is 7.49. The van der Waals surface area contributed by atoms with Crippen LogP contribution >= 0.6 is 0 Å². The number of hydrogen-bond acceptors (Lipinski definition) is 10. The van der Waals surface area contributed by atoms with Gasteiger partial charge in [-0.15, -0.1) is 6.58 Å². The van der Waals surface area contributed by atoms with Crippen molar-refractivity contribution in [2.24, 2.45) is 16.7 Å². The molecule has 0 aromatic heterocycles. The summed E-state index contributed by atoms with van der Waals surface area (Å²) in [5.41, 5.74) is -7.46. The zero-order valence-corrected chi connectivity index (χ0v) is 23.2. The smallest absolute Gasteiger partial charge is 0.320 e. The Morgan fingerprint density at radius 1 is 1.19 bits per heavy atom. The molecule has 1 N–H and O–H groups in total. The van der Waals surface area contributed by atoms with Crippen molar-refractivity contribution in [2.75, 3.05) is 20.6 Å². The van der Waals surface area contributed by atoms with Crippen molar-refractivity contribution in [3.63, 3.8) is 0 Å². The van der Waals surface area contributed by atoms with E-state index in [-0.39, 0.29) is 19.4 Å². The molecule has 10 heteroatoms. The fraction of sp³-hybridized carbons (Fsp3) is 0.778. The average Bonchev–Trinajstić information content (AvgIpc) is 2.75. The van der Waals surface area contributed by atoms with Crippen LogP contribution in [0.25, 0.3) is 0 Å². The third-order valence-corrected chi connectivity index (χ3v) is 8.89. The first-order valence-corrected chi connectivity index (χ1v) is 12.6. The molecule has 0 spiro atoms. The van der Waals surface area contributed by atoms with Crippen molar-refractivity contribution in [3.05, 3.63) is 12.7 Å². The minimum absolute atomic E-state index is 0.000341. The number of hydrogen-bond donors (Lipinski definition) is 1. The predicted octanol–water partition coefficient (Wildman–Crippen LogP) is 1.81. The molecule has 0 unspecified atom stereocenters. The highest BCUT2D eigenvalue weighted by molar-refractivity contribution is 5.92. The fourth-order valence-electron chi connectivity index (χ4n) is 7.44. The molecule has 3 aliphatic rings. The minimum Gasteiger partial charge on any atom is -0.461 e. The number of ketones is 1. The summed E-state index contributed by atoms with van der Waals surface area (Å²) in [5.74, 6) is -2.51. The van der Waals surface area contributed by atoms with Crippen molar-refractivity contribution < 1.29 is 43.2 Å². The number of aliphatic hydroxyl groups is 1. The molecular formula is C27H41NO9. The van der Waals surface area contributed by atoms with Crippen molar-refractivity contribution >= 4 is 24.2 Å². The van der Waals surface area contributed by atoms with E-state index in [0.29, 0.717) is 12.8 Å². The highest BCUT2D eigenvalue weighted by atomic mass is 16.6. The van der Waals surface area contributed by atoms with Gasteiger partial charge in [-0.2, -0.15) is 0 Å². The van der Waals surface area contributed by atoms with Crippen LogP contribution in [-0.2, 0) is 38.1 Å². The lowest BCUT2D eigenvalue weighted by Gasteiger charge is -2.71. The van der Waals surface area contributed by atoms with E-state index in [9.17, 15) is 24.3 Å². The Balaban J connectivity index is 2.34. The Morgan fingerprint density at radius 2 is 1.81 bits per heavy atom. The summed E-state index contributed by atoms with van der Waals surface area (Å²) < 4.78 is 23.8. The van der Waals surface area contributed by atoms with Crippen LogP contribution in [0.15, 0.2) is 12.7 Å².